The van der Waals surface area contributed by atoms with E-state index >= 15 is 0 Å². The Hall–Kier alpha value is -2.94. The van der Waals surface area contributed by atoms with E-state index in [9.17, 15) is 13.6 Å². The van der Waals surface area contributed by atoms with Crippen LogP contribution in [0.3, 0.4) is 0 Å². The van der Waals surface area contributed by atoms with Crippen molar-refractivity contribution in [3.63, 3.8) is 0 Å². The van der Waals surface area contributed by atoms with E-state index in [-0.39, 0.29) is 29.5 Å². The molecule has 0 aliphatic carbocycles. The number of carbonyl (C=O) groups is 1. The molecule has 150 valence electrons. The first-order valence-corrected chi connectivity index (χ1v) is 8.75. The van der Waals surface area contributed by atoms with E-state index in [1.165, 1.54) is 25.3 Å². The van der Waals surface area contributed by atoms with Crippen LogP contribution in [-0.2, 0) is 11.3 Å². The van der Waals surface area contributed by atoms with Gasteiger partial charge in [0.15, 0.2) is 11.5 Å². The Morgan fingerprint density at radius 1 is 1.25 bits per heavy atom. The van der Waals surface area contributed by atoms with Crippen molar-refractivity contribution in [1.82, 2.24) is 10.3 Å². The normalized spacial score (nSPS) is 14.1. The lowest BCUT2D eigenvalue weighted by Gasteiger charge is -2.27. The molecule has 9 heteroatoms. The van der Waals surface area contributed by atoms with Gasteiger partial charge in [-0.05, 0) is 29.8 Å². The van der Waals surface area contributed by atoms with Crippen LogP contribution in [0.2, 0.25) is 0 Å². The van der Waals surface area contributed by atoms with Gasteiger partial charge in [-0.1, -0.05) is 6.07 Å². The summed E-state index contributed by atoms with van der Waals surface area (Å²) in [5, 5.41) is 2.77. The summed E-state index contributed by atoms with van der Waals surface area (Å²) in [6, 6.07) is 7.84. The summed E-state index contributed by atoms with van der Waals surface area (Å²) >= 11 is 0. The van der Waals surface area contributed by atoms with E-state index in [0.717, 1.165) is 24.5 Å². The quantitative estimate of drug-likeness (QED) is 0.779. The van der Waals surface area contributed by atoms with Gasteiger partial charge in [-0.3, -0.25) is 4.79 Å². The molecule has 1 amide bonds. The van der Waals surface area contributed by atoms with Crippen molar-refractivity contribution in [2.24, 2.45) is 0 Å². The van der Waals surface area contributed by atoms with Crippen LogP contribution in [0.5, 0.6) is 11.5 Å². The van der Waals surface area contributed by atoms with Crippen LogP contribution in [0.25, 0.3) is 0 Å². The lowest BCUT2D eigenvalue weighted by Crippen LogP contribution is -2.36. The summed E-state index contributed by atoms with van der Waals surface area (Å²) in [7, 11) is 1.32. The molecule has 2 aromatic rings. The second kappa shape index (κ2) is 9.32. The minimum atomic E-state index is -2.97. The van der Waals surface area contributed by atoms with E-state index in [2.05, 4.69) is 19.9 Å². The monoisotopic (exact) mass is 393 g/mol. The number of methoxy groups -OCH3 is 1. The fourth-order valence-corrected chi connectivity index (χ4v) is 2.79. The summed E-state index contributed by atoms with van der Waals surface area (Å²) < 4.78 is 39.4. The highest BCUT2D eigenvalue weighted by molar-refractivity contribution is 5.94. The van der Waals surface area contributed by atoms with Gasteiger partial charge in [-0.25, -0.2) is 4.98 Å². The molecule has 0 atom stereocenters. The summed E-state index contributed by atoms with van der Waals surface area (Å²) in [6.07, 6.45) is 1.71. The van der Waals surface area contributed by atoms with Crippen LogP contribution in [0.1, 0.15) is 15.9 Å². The molecule has 1 N–H and O–H groups in total. The minimum Gasteiger partial charge on any atom is -0.493 e. The Balaban J connectivity index is 1.59. The van der Waals surface area contributed by atoms with Crippen molar-refractivity contribution in [3.05, 3.63) is 47.7 Å². The van der Waals surface area contributed by atoms with Crippen LogP contribution >= 0.6 is 0 Å². The van der Waals surface area contributed by atoms with Crippen LogP contribution in [0.4, 0.5) is 14.6 Å². The van der Waals surface area contributed by atoms with Crippen molar-refractivity contribution in [3.8, 4) is 11.5 Å². The number of hydrogen-bond acceptors (Lipinski definition) is 6. The standard InChI is InChI=1S/C19H21F2N3O4/c1-26-16-10-14(3-4-15(16)28-19(20)21)18(25)23-12-13-2-5-17(22-11-13)24-6-8-27-9-7-24/h2-5,10-11,19H,6-9,12H2,1H3,(H,23,25). The third kappa shape index (κ3) is 5.07. The Morgan fingerprint density at radius 2 is 2.04 bits per heavy atom. The van der Waals surface area contributed by atoms with Gasteiger partial charge < -0.3 is 24.4 Å². The van der Waals surface area contributed by atoms with Gasteiger partial charge in [0, 0.05) is 31.4 Å². The van der Waals surface area contributed by atoms with E-state index in [1.807, 2.05) is 12.1 Å². The molecule has 1 fully saturated rings. The molecular formula is C19H21F2N3O4. The number of ether oxygens (including phenoxy) is 3. The molecule has 0 saturated carbocycles. The number of hydrogen-bond donors (Lipinski definition) is 1. The molecule has 1 saturated heterocycles. The molecule has 0 radical (unpaired) electrons. The summed E-state index contributed by atoms with van der Waals surface area (Å²) in [4.78, 5) is 18.9. The predicted molar refractivity (Wildman–Crippen MR) is 98.1 cm³/mol. The average molecular weight is 393 g/mol. The van der Waals surface area contributed by atoms with Crippen LogP contribution < -0.4 is 19.7 Å². The molecule has 28 heavy (non-hydrogen) atoms. The molecule has 2 heterocycles. The zero-order valence-corrected chi connectivity index (χ0v) is 15.4. The predicted octanol–water partition coefficient (Wildman–Crippen LogP) is 2.46. The van der Waals surface area contributed by atoms with Gasteiger partial charge in [0.05, 0.1) is 20.3 Å². The molecule has 0 bridgehead atoms. The summed E-state index contributed by atoms with van der Waals surface area (Å²) in [5.74, 6) is 0.443. The number of amides is 1. The minimum absolute atomic E-state index is 0.0597. The van der Waals surface area contributed by atoms with Crippen molar-refractivity contribution < 1.29 is 27.8 Å². The third-order valence-electron chi connectivity index (χ3n) is 4.24. The van der Waals surface area contributed by atoms with Crippen LogP contribution in [-0.4, -0.2) is 50.9 Å². The van der Waals surface area contributed by atoms with Crippen molar-refractivity contribution in [2.45, 2.75) is 13.2 Å². The van der Waals surface area contributed by atoms with E-state index in [1.54, 1.807) is 6.20 Å². The number of alkyl halides is 2. The lowest BCUT2D eigenvalue weighted by molar-refractivity contribution is -0.0512. The van der Waals surface area contributed by atoms with Gasteiger partial charge in [0.1, 0.15) is 5.82 Å². The Bertz CT molecular complexity index is 796. The van der Waals surface area contributed by atoms with Crippen molar-refractivity contribution in [2.75, 3.05) is 38.3 Å². The molecule has 0 spiro atoms. The SMILES string of the molecule is COc1cc(C(=O)NCc2ccc(N3CCOCC3)nc2)ccc1OC(F)F. The zero-order valence-electron chi connectivity index (χ0n) is 15.4. The first-order chi connectivity index (χ1) is 13.6. The van der Waals surface area contributed by atoms with Crippen LogP contribution in [0.15, 0.2) is 36.5 Å². The largest absolute Gasteiger partial charge is 0.493 e. The molecule has 1 aliphatic heterocycles. The van der Waals surface area contributed by atoms with Gasteiger partial charge in [-0.15, -0.1) is 0 Å². The number of rotatable bonds is 7. The molecule has 0 unspecified atom stereocenters. The number of nitrogens with one attached hydrogen (secondary N) is 1. The van der Waals surface area contributed by atoms with E-state index in [0.29, 0.717) is 13.2 Å². The van der Waals surface area contributed by atoms with Crippen molar-refractivity contribution >= 4 is 11.7 Å². The van der Waals surface area contributed by atoms with Crippen molar-refractivity contribution in [1.29, 1.82) is 0 Å². The Morgan fingerprint density at radius 3 is 2.68 bits per heavy atom. The van der Waals surface area contributed by atoms with Gasteiger partial charge >= 0.3 is 6.61 Å². The fourth-order valence-electron chi connectivity index (χ4n) is 2.79. The fraction of sp³-hybridized carbons (Fsp3) is 0.368. The molecule has 1 aliphatic rings. The maximum absolute atomic E-state index is 12.4. The average Bonchev–Trinajstić information content (AvgIpc) is 2.73. The first-order valence-electron chi connectivity index (χ1n) is 8.75. The highest BCUT2D eigenvalue weighted by atomic mass is 19.3. The number of anilines is 1. The Labute approximate surface area is 161 Å². The number of carbonyl (C=O) groups excluding carboxylic acids is 1. The topological polar surface area (TPSA) is 72.9 Å². The van der Waals surface area contributed by atoms with Crippen LogP contribution in [0, 0.1) is 0 Å². The highest BCUT2D eigenvalue weighted by Gasteiger charge is 2.15. The van der Waals surface area contributed by atoms with Gasteiger partial charge in [0.25, 0.3) is 5.91 Å². The van der Waals surface area contributed by atoms with E-state index < -0.39 is 6.61 Å². The summed E-state index contributed by atoms with van der Waals surface area (Å²) in [6.45, 7) is 0.287. The molecule has 3 rings (SSSR count). The first kappa shape index (κ1) is 19.8. The maximum Gasteiger partial charge on any atom is 0.387 e. The number of benzene rings is 1. The van der Waals surface area contributed by atoms with Gasteiger partial charge in [-0.2, -0.15) is 8.78 Å². The number of morpholine rings is 1. The second-order valence-corrected chi connectivity index (χ2v) is 6.05. The number of aromatic nitrogens is 1. The third-order valence-corrected chi connectivity index (χ3v) is 4.24. The smallest absolute Gasteiger partial charge is 0.387 e. The summed E-state index contributed by atoms with van der Waals surface area (Å²) in [5.41, 5.74) is 1.12. The molecule has 1 aromatic carbocycles. The van der Waals surface area contributed by atoms with Gasteiger partial charge in [0.2, 0.25) is 0 Å². The molecular weight excluding hydrogens is 372 g/mol. The number of nitrogens with zero attached hydrogens (tertiary/aromatic N) is 2. The second-order valence-electron chi connectivity index (χ2n) is 6.05. The zero-order chi connectivity index (χ0) is 19.9. The number of pyridine rings is 1. The molecule has 7 nitrogen and oxygen atoms in total. The highest BCUT2D eigenvalue weighted by Crippen LogP contribution is 2.29. The molecule has 1 aromatic heterocycles. The lowest BCUT2D eigenvalue weighted by atomic mass is 10.2. The maximum atomic E-state index is 12.4. The number of halogens is 2. The van der Waals surface area contributed by atoms with E-state index in [4.69, 9.17) is 9.47 Å². The Kier molecular flexibility index (Phi) is 6.59.